The van der Waals surface area contributed by atoms with Gasteiger partial charge in [0.15, 0.2) is 0 Å². The Labute approximate surface area is 146 Å². The first-order valence-electron chi connectivity index (χ1n) is 8.18. The zero-order valence-corrected chi connectivity index (χ0v) is 14.4. The Morgan fingerprint density at radius 1 is 0.840 bits per heavy atom. The van der Waals surface area contributed by atoms with Crippen LogP contribution in [0, 0.1) is 0 Å². The van der Waals surface area contributed by atoms with Crippen molar-refractivity contribution < 1.29 is 33.3 Å². The lowest BCUT2D eigenvalue weighted by atomic mass is 10.3. The topological polar surface area (TPSA) is 93.2 Å². The van der Waals surface area contributed by atoms with Crippen molar-refractivity contribution >= 4 is 11.9 Å². The molecule has 0 saturated heterocycles. The van der Waals surface area contributed by atoms with Crippen LogP contribution in [0.15, 0.2) is 18.2 Å². The number of aromatic nitrogens is 1. The summed E-state index contributed by atoms with van der Waals surface area (Å²) >= 11 is 0. The van der Waals surface area contributed by atoms with Crippen LogP contribution >= 0.6 is 0 Å². The van der Waals surface area contributed by atoms with E-state index in [2.05, 4.69) is 4.98 Å². The van der Waals surface area contributed by atoms with E-state index < -0.39 is 11.9 Å². The minimum absolute atomic E-state index is 0.0392. The van der Waals surface area contributed by atoms with E-state index in [1.165, 1.54) is 12.1 Å². The highest BCUT2D eigenvalue weighted by atomic mass is 16.6. The maximum absolute atomic E-state index is 11.9. The fourth-order valence-electron chi connectivity index (χ4n) is 2.17. The Morgan fingerprint density at radius 3 is 1.80 bits per heavy atom. The SMILES string of the molecule is C[C@H]1COCCOC(=O)c2cccc(n2)C(=O)OCCOC[C@H](C)O1. The normalized spacial score (nSPS) is 24.6. The van der Waals surface area contributed by atoms with Crippen molar-refractivity contribution in [2.24, 2.45) is 0 Å². The molecule has 0 amide bonds. The fraction of sp³-hybridized carbons (Fsp3) is 0.588. The summed E-state index contributed by atoms with van der Waals surface area (Å²) < 4.78 is 26.7. The highest BCUT2D eigenvalue weighted by Crippen LogP contribution is 2.05. The lowest BCUT2D eigenvalue weighted by Gasteiger charge is -2.19. The number of pyridine rings is 1. The third-order valence-electron chi connectivity index (χ3n) is 3.26. The van der Waals surface area contributed by atoms with E-state index in [1.54, 1.807) is 6.07 Å². The first-order chi connectivity index (χ1) is 12.1. The standard InChI is InChI=1S/C17H23NO7/c1-12-10-21-6-8-23-16(19)14-4-3-5-15(18-14)17(20)24-9-7-22-11-13(2)25-12/h3-5,12-13H,6-11H2,1-2H3/t12-,13-/m0/s1. The molecule has 2 bridgehead atoms. The summed E-state index contributed by atoms with van der Waals surface area (Å²) in [5, 5.41) is 0. The Morgan fingerprint density at radius 2 is 1.32 bits per heavy atom. The maximum Gasteiger partial charge on any atom is 0.357 e. The summed E-state index contributed by atoms with van der Waals surface area (Å²) in [4.78, 5) is 27.9. The Bertz CT molecular complexity index is 533. The number of nitrogens with zero attached hydrogens (tertiary/aromatic N) is 1. The van der Waals surface area contributed by atoms with Crippen molar-refractivity contribution in [2.45, 2.75) is 26.1 Å². The second kappa shape index (κ2) is 10.1. The number of hydrogen-bond acceptors (Lipinski definition) is 8. The molecule has 0 aliphatic carbocycles. The molecular formula is C17H23NO7. The van der Waals surface area contributed by atoms with E-state index in [4.69, 9.17) is 23.7 Å². The smallest absolute Gasteiger partial charge is 0.357 e. The van der Waals surface area contributed by atoms with Gasteiger partial charge in [-0.15, -0.1) is 0 Å². The molecule has 2 rings (SSSR count). The van der Waals surface area contributed by atoms with E-state index in [0.717, 1.165) is 0 Å². The van der Waals surface area contributed by atoms with E-state index >= 15 is 0 Å². The van der Waals surface area contributed by atoms with Crippen LogP contribution in [0.3, 0.4) is 0 Å². The molecule has 2 atom stereocenters. The largest absolute Gasteiger partial charge is 0.459 e. The summed E-state index contributed by atoms with van der Waals surface area (Å²) in [6.07, 6.45) is -0.242. The molecule has 0 unspecified atom stereocenters. The van der Waals surface area contributed by atoms with Crippen molar-refractivity contribution in [1.29, 1.82) is 0 Å². The Balaban J connectivity index is 1.99. The number of fused-ring (bicyclic) bond motifs is 2. The molecule has 25 heavy (non-hydrogen) atoms. The lowest BCUT2D eigenvalue weighted by molar-refractivity contribution is -0.0767. The minimum atomic E-state index is -0.624. The van der Waals surface area contributed by atoms with Gasteiger partial charge in [0, 0.05) is 0 Å². The van der Waals surface area contributed by atoms with Gasteiger partial charge in [0.2, 0.25) is 0 Å². The second-order valence-corrected chi connectivity index (χ2v) is 5.59. The molecule has 1 aromatic heterocycles. The predicted molar refractivity (Wildman–Crippen MR) is 86.4 cm³/mol. The van der Waals surface area contributed by atoms with Gasteiger partial charge in [0.05, 0.1) is 38.6 Å². The highest BCUT2D eigenvalue weighted by Gasteiger charge is 2.15. The zero-order valence-electron chi connectivity index (χ0n) is 14.4. The van der Waals surface area contributed by atoms with Gasteiger partial charge in [-0.3, -0.25) is 0 Å². The molecule has 8 nitrogen and oxygen atoms in total. The lowest BCUT2D eigenvalue weighted by Crippen LogP contribution is -2.27. The van der Waals surface area contributed by atoms with Crippen LogP contribution in [0.25, 0.3) is 0 Å². The molecule has 0 N–H and O–H groups in total. The summed E-state index contributed by atoms with van der Waals surface area (Å²) in [5.41, 5.74) is 0.0784. The van der Waals surface area contributed by atoms with E-state index in [-0.39, 0.29) is 50.0 Å². The van der Waals surface area contributed by atoms with Crippen molar-refractivity contribution in [3.05, 3.63) is 29.6 Å². The molecule has 0 saturated carbocycles. The number of carbonyl (C=O) groups excluding carboxylic acids is 2. The van der Waals surface area contributed by atoms with Gasteiger partial charge < -0.3 is 23.7 Å². The van der Waals surface area contributed by atoms with Gasteiger partial charge >= 0.3 is 11.9 Å². The van der Waals surface area contributed by atoms with Crippen LogP contribution < -0.4 is 0 Å². The molecule has 1 aliphatic heterocycles. The second-order valence-electron chi connectivity index (χ2n) is 5.59. The number of cyclic esters (lactones) is 2. The summed E-state index contributed by atoms with van der Waals surface area (Å²) in [5.74, 6) is -1.25. The van der Waals surface area contributed by atoms with E-state index in [9.17, 15) is 9.59 Å². The third-order valence-corrected chi connectivity index (χ3v) is 3.26. The Kier molecular flexibility index (Phi) is 7.77. The van der Waals surface area contributed by atoms with Crippen LogP contribution in [-0.2, 0) is 23.7 Å². The monoisotopic (exact) mass is 353 g/mol. The quantitative estimate of drug-likeness (QED) is 0.643. The summed E-state index contributed by atoms with van der Waals surface area (Å²) in [6, 6.07) is 4.49. The average Bonchev–Trinajstić information content (AvgIpc) is 2.60. The molecule has 0 spiro atoms. The van der Waals surface area contributed by atoms with Crippen LogP contribution in [0.4, 0.5) is 0 Å². The fourth-order valence-corrected chi connectivity index (χ4v) is 2.17. The van der Waals surface area contributed by atoms with Crippen molar-refractivity contribution in [1.82, 2.24) is 4.98 Å². The minimum Gasteiger partial charge on any atom is -0.459 e. The molecule has 0 radical (unpaired) electrons. The molecule has 1 aromatic rings. The number of rotatable bonds is 0. The van der Waals surface area contributed by atoms with Gasteiger partial charge in [-0.1, -0.05) is 6.07 Å². The van der Waals surface area contributed by atoms with Gasteiger partial charge in [0.25, 0.3) is 0 Å². The molecule has 0 fully saturated rings. The van der Waals surface area contributed by atoms with Gasteiger partial charge in [-0.2, -0.15) is 0 Å². The number of carbonyl (C=O) groups is 2. The van der Waals surface area contributed by atoms with Crippen LogP contribution in [0.2, 0.25) is 0 Å². The number of ether oxygens (including phenoxy) is 5. The number of hydrogen-bond donors (Lipinski definition) is 0. The van der Waals surface area contributed by atoms with Crippen LogP contribution in [0.1, 0.15) is 34.8 Å². The molecule has 2 heterocycles. The molecular weight excluding hydrogens is 330 g/mol. The van der Waals surface area contributed by atoms with Crippen molar-refractivity contribution in [3.63, 3.8) is 0 Å². The third kappa shape index (κ3) is 6.77. The summed E-state index contributed by atoms with van der Waals surface area (Å²) in [6.45, 7) is 5.19. The van der Waals surface area contributed by atoms with Gasteiger partial charge in [-0.05, 0) is 26.0 Å². The predicted octanol–water partition coefficient (Wildman–Crippen LogP) is 1.24. The van der Waals surface area contributed by atoms with Crippen LogP contribution in [-0.4, -0.2) is 68.8 Å². The molecule has 8 heteroatoms. The van der Waals surface area contributed by atoms with Gasteiger partial charge in [-0.25, -0.2) is 14.6 Å². The Hall–Kier alpha value is -2.03. The van der Waals surface area contributed by atoms with E-state index in [0.29, 0.717) is 13.2 Å². The van der Waals surface area contributed by atoms with Crippen LogP contribution in [0.5, 0.6) is 0 Å². The van der Waals surface area contributed by atoms with E-state index in [1.807, 2.05) is 13.8 Å². The summed E-state index contributed by atoms with van der Waals surface area (Å²) in [7, 11) is 0. The number of esters is 2. The molecule has 1 aliphatic rings. The van der Waals surface area contributed by atoms with Gasteiger partial charge in [0.1, 0.15) is 24.6 Å². The zero-order chi connectivity index (χ0) is 18.1. The molecule has 0 aromatic carbocycles. The van der Waals surface area contributed by atoms with Crippen molar-refractivity contribution in [2.75, 3.05) is 39.6 Å². The molecule has 138 valence electrons. The maximum atomic E-state index is 11.9. The first kappa shape index (κ1) is 19.3. The highest BCUT2D eigenvalue weighted by molar-refractivity contribution is 5.91. The van der Waals surface area contributed by atoms with Crippen molar-refractivity contribution in [3.8, 4) is 0 Å². The first-order valence-corrected chi connectivity index (χ1v) is 8.18. The average molecular weight is 353 g/mol.